The fourth-order valence-corrected chi connectivity index (χ4v) is 3.17. The molecule has 1 aromatic carbocycles. The molecule has 1 aliphatic heterocycles. The zero-order valence-electron chi connectivity index (χ0n) is 14.4. The van der Waals surface area contributed by atoms with Gasteiger partial charge in [-0.2, -0.15) is 0 Å². The van der Waals surface area contributed by atoms with E-state index in [0.29, 0.717) is 6.04 Å². The van der Waals surface area contributed by atoms with E-state index in [1.54, 1.807) is 0 Å². The first kappa shape index (κ1) is 15.9. The molecular weight excluding hydrogens is 312 g/mol. The second-order valence-corrected chi connectivity index (χ2v) is 6.51. The fraction of sp³-hybridized carbons (Fsp3) is 0.368. The average Bonchev–Trinajstić information content (AvgIpc) is 2.68. The van der Waals surface area contributed by atoms with Gasteiger partial charge in [0, 0.05) is 38.1 Å². The van der Waals surface area contributed by atoms with Crippen LogP contribution in [0.3, 0.4) is 0 Å². The summed E-state index contributed by atoms with van der Waals surface area (Å²) >= 11 is 0. The van der Waals surface area contributed by atoms with Crippen LogP contribution in [0.4, 0.5) is 5.82 Å². The summed E-state index contributed by atoms with van der Waals surface area (Å²) in [5, 5.41) is 3.59. The summed E-state index contributed by atoms with van der Waals surface area (Å²) in [4.78, 5) is 20.3. The van der Waals surface area contributed by atoms with E-state index in [4.69, 9.17) is 4.98 Å². The summed E-state index contributed by atoms with van der Waals surface area (Å²) in [5.74, 6) is 0.974. The minimum absolute atomic E-state index is 0.507. The van der Waals surface area contributed by atoms with E-state index in [9.17, 15) is 0 Å². The number of nitrogens with zero attached hydrogens (tertiary/aromatic N) is 5. The van der Waals surface area contributed by atoms with E-state index in [1.807, 2.05) is 49.8 Å². The van der Waals surface area contributed by atoms with E-state index in [0.717, 1.165) is 60.7 Å². The van der Waals surface area contributed by atoms with Crippen molar-refractivity contribution in [3.63, 3.8) is 0 Å². The average molecular weight is 334 g/mol. The topological polar surface area (TPSA) is 66.8 Å². The lowest BCUT2D eigenvalue weighted by atomic mass is 10.1. The molecule has 0 unspecified atom stereocenters. The first-order chi connectivity index (χ1) is 12.3. The third kappa shape index (κ3) is 3.74. The van der Waals surface area contributed by atoms with Crippen molar-refractivity contribution in [3.05, 3.63) is 54.2 Å². The number of aromatic nitrogens is 4. The fourth-order valence-electron chi connectivity index (χ4n) is 3.17. The van der Waals surface area contributed by atoms with Gasteiger partial charge in [0.1, 0.15) is 5.82 Å². The highest BCUT2D eigenvalue weighted by Gasteiger charge is 2.20. The van der Waals surface area contributed by atoms with Crippen LogP contribution in [0.2, 0.25) is 0 Å². The molecule has 3 aromatic rings. The van der Waals surface area contributed by atoms with Gasteiger partial charge < -0.3 is 10.2 Å². The molecule has 1 fully saturated rings. The Balaban J connectivity index is 1.33. The predicted octanol–water partition coefficient (Wildman–Crippen LogP) is 2.49. The highest BCUT2D eigenvalue weighted by Crippen LogP contribution is 2.20. The number of aryl methyl sites for hydroxylation is 1. The zero-order chi connectivity index (χ0) is 17.1. The molecule has 0 atom stereocenters. The van der Waals surface area contributed by atoms with Gasteiger partial charge in [-0.1, -0.05) is 12.1 Å². The van der Waals surface area contributed by atoms with Crippen LogP contribution in [-0.4, -0.2) is 39.1 Å². The number of nitrogens with one attached hydrogen (secondary N) is 1. The highest BCUT2D eigenvalue weighted by molar-refractivity contribution is 5.75. The normalized spacial score (nSPS) is 15.6. The van der Waals surface area contributed by atoms with Crippen molar-refractivity contribution in [2.45, 2.75) is 32.4 Å². The van der Waals surface area contributed by atoms with Gasteiger partial charge in [-0.05, 0) is 31.9 Å². The molecule has 6 heteroatoms. The van der Waals surface area contributed by atoms with Crippen molar-refractivity contribution in [3.8, 4) is 0 Å². The van der Waals surface area contributed by atoms with Crippen molar-refractivity contribution in [1.82, 2.24) is 25.3 Å². The quantitative estimate of drug-likeness (QED) is 0.791. The lowest BCUT2D eigenvalue weighted by Gasteiger charge is -2.33. The van der Waals surface area contributed by atoms with Crippen molar-refractivity contribution in [2.24, 2.45) is 0 Å². The van der Waals surface area contributed by atoms with Crippen LogP contribution in [0.1, 0.15) is 24.2 Å². The van der Waals surface area contributed by atoms with E-state index in [1.165, 1.54) is 0 Å². The van der Waals surface area contributed by atoms with Gasteiger partial charge in [0.15, 0.2) is 0 Å². The Morgan fingerprint density at radius 2 is 1.80 bits per heavy atom. The van der Waals surface area contributed by atoms with Crippen molar-refractivity contribution < 1.29 is 0 Å². The molecule has 0 bridgehead atoms. The standard InChI is InChI=1S/C19H22N6/c1-14-10-21-16(11-20-14)12-22-15-6-8-25(9-7-15)19-13-23-17-4-2-3-5-18(17)24-19/h2-5,10-11,13,15,22H,6-9,12H2,1H3. The Bertz CT molecular complexity index is 840. The van der Waals surface area contributed by atoms with Gasteiger partial charge in [-0.15, -0.1) is 0 Å². The molecule has 1 aliphatic rings. The van der Waals surface area contributed by atoms with Gasteiger partial charge in [-0.25, -0.2) is 4.98 Å². The first-order valence-corrected chi connectivity index (χ1v) is 8.75. The number of fused-ring (bicyclic) bond motifs is 1. The zero-order valence-corrected chi connectivity index (χ0v) is 14.4. The van der Waals surface area contributed by atoms with E-state index in [-0.39, 0.29) is 0 Å². The molecule has 25 heavy (non-hydrogen) atoms. The van der Waals surface area contributed by atoms with Crippen LogP contribution in [0.5, 0.6) is 0 Å². The summed E-state index contributed by atoms with van der Waals surface area (Å²) in [5.41, 5.74) is 3.85. The van der Waals surface area contributed by atoms with Gasteiger partial charge in [-0.3, -0.25) is 15.0 Å². The van der Waals surface area contributed by atoms with Gasteiger partial charge in [0.25, 0.3) is 0 Å². The summed E-state index contributed by atoms with van der Waals surface area (Å²) in [6, 6.07) is 8.52. The summed E-state index contributed by atoms with van der Waals surface area (Å²) in [7, 11) is 0. The summed E-state index contributed by atoms with van der Waals surface area (Å²) < 4.78 is 0. The maximum atomic E-state index is 4.75. The van der Waals surface area contributed by atoms with Crippen LogP contribution >= 0.6 is 0 Å². The van der Waals surface area contributed by atoms with E-state index in [2.05, 4.69) is 25.2 Å². The van der Waals surface area contributed by atoms with Crippen LogP contribution in [0, 0.1) is 6.92 Å². The number of benzene rings is 1. The molecule has 0 radical (unpaired) electrons. The predicted molar refractivity (Wildman–Crippen MR) is 98.4 cm³/mol. The molecule has 0 aliphatic carbocycles. The molecule has 128 valence electrons. The number of para-hydroxylation sites is 2. The Hall–Kier alpha value is -2.60. The monoisotopic (exact) mass is 334 g/mol. The molecular formula is C19H22N6. The van der Waals surface area contributed by atoms with Crippen LogP contribution in [-0.2, 0) is 6.54 Å². The van der Waals surface area contributed by atoms with Crippen molar-refractivity contribution in [1.29, 1.82) is 0 Å². The number of anilines is 1. The Morgan fingerprint density at radius 1 is 1.00 bits per heavy atom. The third-order valence-corrected chi connectivity index (χ3v) is 4.66. The Kier molecular flexibility index (Phi) is 4.52. The summed E-state index contributed by atoms with van der Waals surface area (Å²) in [6.07, 6.45) is 7.74. The van der Waals surface area contributed by atoms with Crippen LogP contribution in [0.25, 0.3) is 11.0 Å². The van der Waals surface area contributed by atoms with Crippen LogP contribution < -0.4 is 10.2 Å². The van der Waals surface area contributed by atoms with Gasteiger partial charge in [0.05, 0.1) is 28.6 Å². The number of hydrogen-bond acceptors (Lipinski definition) is 6. The molecule has 1 N–H and O–H groups in total. The maximum Gasteiger partial charge on any atom is 0.147 e. The van der Waals surface area contributed by atoms with Crippen molar-refractivity contribution >= 4 is 16.9 Å². The third-order valence-electron chi connectivity index (χ3n) is 4.66. The summed E-state index contributed by atoms with van der Waals surface area (Å²) in [6.45, 7) is 4.71. The number of hydrogen-bond donors (Lipinski definition) is 1. The largest absolute Gasteiger partial charge is 0.355 e. The van der Waals surface area contributed by atoms with E-state index >= 15 is 0 Å². The molecule has 1 saturated heterocycles. The van der Waals surface area contributed by atoms with Gasteiger partial charge >= 0.3 is 0 Å². The smallest absolute Gasteiger partial charge is 0.147 e. The number of rotatable bonds is 4. The minimum atomic E-state index is 0.507. The minimum Gasteiger partial charge on any atom is -0.355 e. The van der Waals surface area contributed by atoms with E-state index < -0.39 is 0 Å². The van der Waals surface area contributed by atoms with Crippen LogP contribution in [0.15, 0.2) is 42.9 Å². The second kappa shape index (κ2) is 7.11. The molecule has 3 heterocycles. The van der Waals surface area contributed by atoms with Crippen molar-refractivity contribution in [2.75, 3.05) is 18.0 Å². The maximum absolute atomic E-state index is 4.75. The molecule has 2 aromatic heterocycles. The molecule has 0 saturated carbocycles. The molecule has 6 nitrogen and oxygen atoms in total. The Morgan fingerprint density at radius 3 is 2.56 bits per heavy atom. The number of piperidine rings is 1. The molecule has 0 spiro atoms. The highest BCUT2D eigenvalue weighted by atomic mass is 15.2. The molecule has 0 amide bonds. The molecule has 4 rings (SSSR count). The SMILES string of the molecule is Cc1cnc(CNC2CCN(c3cnc4ccccc4n3)CC2)cn1. The second-order valence-electron chi connectivity index (χ2n) is 6.51. The Labute approximate surface area is 147 Å². The lowest BCUT2D eigenvalue weighted by Crippen LogP contribution is -2.42. The lowest BCUT2D eigenvalue weighted by molar-refractivity contribution is 0.410. The first-order valence-electron chi connectivity index (χ1n) is 8.75. The van der Waals surface area contributed by atoms with Gasteiger partial charge in [0.2, 0.25) is 0 Å².